The van der Waals surface area contributed by atoms with Gasteiger partial charge in [0.2, 0.25) is 5.91 Å². The first-order chi connectivity index (χ1) is 27.0. The minimum Gasteiger partial charge on any atom is -0.461 e. The second kappa shape index (κ2) is 32.9. The highest BCUT2D eigenvalue weighted by atomic mass is 16.5. The van der Waals surface area contributed by atoms with Crippen molar-refractivity contribution in [3.63, 3.8) is 0 Å². The second-order valence-electron chi connectivity index (χ2n) is 14.7. The lowest BCUT2D eigenvalue weighted by Crippen LogP contribution is -2.48. The zero-order valence-corrected chi connectivity index (χ0v) is 34.3. The standard InChI is InChI=1S/C46H73NO8/c1-3-4-5-6-7-9-12-15-24-31-46(45(50)55-40-42-28-21-18-22-29-42,44(49)47-33-34-52-37-38-53-36-35-51-2)32-25-16-13-10-8-11-14-23-30-43(48)54-39-41-26-19-17-20-27-41/h17-22,26-29H,3-16,23-25,30-40H2,1-2H3,(H,47,49). The van der Waals surface area contributed by atoms with E-state index in [1.54, 1.807) is 7.11 Å². The maximum atomic E-state index is 14.1. The van der Waals surface area contributed by atoms with Crippen molar-refractivity contribution in [1.29, 1.82) is 0 Å². The molecule has 0 fully saturated rings. The maximum absolute atomic E-state index is 14.1. The van der Waals surface area contributed by atoms with Gasteiger partial charge < -0.3 is 29.0 Å². The highest BCUT2D eigenvalue weighted by molar-refractivity contribution is 6.02. The van der Waals surface area contributed by atoms with Crippen molar-refractivity contribution in [3.05, 3.63) is 71.8 Å². The number of esters is 2. The van der Waals surface area contributed by atoms with Crippen molar-refractivity contribution in [2.75, 3.05) is 46.7 Å². The molecule has 9 nitrogen and oxygen atoms in total. The average molecular weight is 768 g/mol. The predicted molar refractivity (Wildman–Crippen MR) is 219 cm³/mol. The van der Waals surface area contributed by atoms with Crippen LogP contribution in [0.2, 0.25) is 0 Å². The summed E-state index contributed by atoms with van der Waals surface area (Å²) in [5, 5.41) is 3.04. The minimum absolute atomic E-state index is 0.142. The van der Waals surface area contributed by atoms with Gasteiger partial charge in [-0.2, -0.15) is 0 Å². The fourth-order valence-electron chi connectivity index (χ4n) is 6.68. The van der Waals surface area contributed by atoms with Gasteiger partial charge in [-0.15, -0.1) is 0 Å². The number of hydrogen-bond acceptors (Lipinski definition) is 8. The molecule has 310 valence electrons. The largest absolute Gasteiger partial charge is 0.461 e. The smallest absolute Gasteiger partial charge is 0.321 e. The van der Waals surface area contributed by atoms with Gasteiger partial charge in [0.05, 0.1) is 33.0 Å². The SMILES string of the molecule is CCCCCCCCCCCC(CCCCCCCCCCC(=O)OCc1ccccc1)(C(=O)NCCOCCOCCOC)C(=O)OCc1ccccc1. The number of ether oxygens (including phenoxy) is 5. The van der Waals surface area contributed by atoms with Crippen LogP contribution in [0.15, 0.2) is 60.7 Å². The molecule has 0 saturated carbocycles. The molecule has 0 aliphatic carbocycles. The van der Waals surface area contributed by atoms with Crippen LogP contribution in [-0.4, -0.2) is 64.5 Å². The van der Waals surface area contributed by atoms with Crippen molar-refractivity contribution in [2.45, 2.75) is 149 Å². The summed E-state index contributed by atoms with van der Waals surface area (Å²) < 4.78 is 27.5. The topological polar surface area (TPSA) is 109 Å². The highest BCUT2D eigenvalue weighted by Crippen LogP contribution is 2.35. The fraction of sp³-hybridized carbons (Fsp3) is 0.674. The van der Waals surface area contributed by atoms with E-state index in [-0.39, 0.29) is 18.5 Å². The molecule has 1 N–H and O–H groups in total. The molecule has 1 amide bonds. The zero-order valence-electron chi connectivity index (χ0n) is 34.3. The van der Waals surface area contributed by atoms with Crippen LogP contribution in [0.5, 0.6) is 0 Å². The molecule has 0 bridgehead atoms. The molecule has 1 atom stereocenters. The molecule has 1 unspecified atom stereocenters. The predicted octanol–water partition coefficient (Wildman–Crippen LogP) is 10.1. The first-order valence-corrected chi connectivity index (χ1v) is 21.3. The molecule has 0 aromatic heterocycles. The van der Waals surface area contributed by atoms with Crippen LogP contribution in [0.25, 0.3) is 0 Å². The molecule has 0 heterocycles. The molecular formula is C46H73NO8. The van der Waals surface area contributed by atoms with E-state index in [0.29, 0.717) is 65.4 Å². The lowest BCUT2D eigenvalue weighted by molar-refractivity contribution is -0.164. The summed E-state index contributed by atoms with van der Waals surface area (Å²) in [6, 6.07) is 19.4. The van der Waals surface area contributed by atoms with Crippen LogP contribution in [0.3, 0.4) is 0 Å². The molecule has 2 aromatic rings. The van der Waals surface area contributed by atoms with E-state index in [1.807, 2.05) is 60.7 Å². The average Bonchev–Trinajstić information content (AvgIpc) is 3.21. The third kappa shape index (κ3) is 23.4. The van der Waals surface area contributed by atoms with E-state index in [9.17, 15) is 14.4 Å². The zero-order chi connectivity index (χ0) is 39.5. The first-order valence-electron chi connectivity index (χ1n) is 21.3. The number of carbonyl (C=O) groups is 3. The van der Waals surface area contributed by atoms with Gasteiger partial charge in [0, 0.05) is 20.1 Å². The number of amides is 1. The molecule has 0 radical (unpaired) electrons. The Hall–Kier alpha value is -3.27. The summed E-state index contributed by atoms with van der Waals surface area (Å²) in [6.45, 7) is 5.27. The monoisotopic (exact) mass is 768 g/mol. The summed E-state index contributed by atoms with van der Waals surface area (Å²) >= 11 is 0. The second-order valence-corrected chi connectivity index (χ2v) is 14.7. The molecule has 55 heavy (non-hydrogen) atoms. The van der Waals surface area contributed by atoms with Gasteiger partial charge in [0.25, 0.3) is 0 Å². The lowest BCUT2D eigenvalue weighted by atomic mass is 9.76. The van der Waals surface area contributed by atoms with Gasteiger partial charge in [-0.05, 0) is 30.4 Å². The first kappa shape index (κ1) is 47.9. The number of nitrogens with one attached hydrogen (secondary N) is 1. The van der Waals surface area contributed by atoms with Gasteiger partial charge in [0.15, 0.2) is 0 Å². The quantitative estimate of drug-likeness (QED) is 0.0415. The third-order valence-corrected chi connectivity index (χ3v) is 10.1. The summed E-state index contributed by atoms with van der Waals surface area (Å²) in [5.41, 5.74) is 0.662. The molecule has 0 spiro atoms. The molecule has 0 aliphatic heterocycles. The Morgan fingerprint density at radius 3 is 1.53 bits per heavy atom. The summed E-state index contributed by atoms with van der Waals surface area (Å²) in [6.07, 6.45) is 19.7. The van der Waals surface area contributed by atoms with Gasteiger partial charge >= 0.3 is 11.9 Å². The van der Waals surface area contributed by atoms with E-state index in [4.69, 9.17) is 23.7 Å². The summed E-state index contributed by atoms with van der Waals surface area (Å²) in [7, 11) is 1.64. The molecule has 0 saturated heterocycles. The van der Waals surface area contributed by atoms with E-state index < -0.39 is 11.4 Å². The third-order valence-electron chi connectivity index (χ3n) is 10.1. The molecule has 2 rings (SSSR count). The Balaban J connectivity index is 1.88. The molecule has 0 aliphatic rings. The Morgan fingerprint density at radius 2 is 1.00 bits per heavy atom. The van der Waals surface area contributed by atoms with E-state index in [2.05, 4.69) is 12.2 Å². The van der Waals surface area contributed by atoms with Crippen LogP contribution in [0, 0.1) is 5.41 Å². The Bertz CT molecular complexity index is 1230. The highest BCUT2D eigenvalue weighted by Gasteiger charge is 2.46. The Labute approximate surface area is 332 Å². The van der Waals surface area contributed by atoms with Crippen LogP contribution < -0.4 is 5.32 Å². The van der Waals surface area contributed by atoms with Crippen molar-refractivity contribution in [1.82, 2.24) is 5.32 Å². The van der Waals surface area contributed by atoms with Crippen molar-refractivity contribution >= 4 is 17.8 Å². The van der Waals surface area contributed by atoms with E-state index in [0.717, 1.165) is 81.8 Å². The summed E-state index contributed by atoms with van der Waals surface area (Å²) in [5.74, 6) is -0.826. The lowest BCUT2D eigenvalue weighted by Gasteiger charge is -2.31. The van der Waals surface area contributed by atoms with Crippen LogP contribution in [0.1, 0.15) is 146 Å². The van der Waals surface area contributed by atoms with Crippen LogP contribution in [-0.2, 0) is 51.3 Å². The molecular weight excluding hydrogens is 695 g/mol. The van der Waals surface area contributed by atoms with Gasteiger partial charge in [-0.25, -0.2) is 0 Å². The van der Waals surface area contributed by atoms with Crippen LogP contribution in [0.4, 0.5) is 0 Å². The van der Waals surface area contributed by atoms with Crippen molar-refractivity contribution < 1.29 is 38.1 Å². The van der Waals surface area contributed by atoms with Gasteiger partial charge in [0.1, 0.15) is 18.6 Å². The number of hydrogen-bond donors (Lipinski definition) is 1. The number of carbonyl (C=O) groups excluding carboxylic acids is 3. The number of methoxy groups -OCH3 is 1. The molecule has 2 aromatic carbocycles. The fourth-order valence-corrected chi connectivity index (χ4v) is 6.68. The van der Waals surface area contributed by atoms with Crippen molar-refractivity contribution in [2.24, 2.45) is 5.41 Å². The van der Waals surface area contributed by atoms with E-state index in [1.165, 1.54) is 38.5 Å². The van der Waals surface area contributed by atoms with Crippen molar-refractivity contribution in [3.8, 4) is 0 Å². The normalized spacial score (nSPS) is 12.3. The van der Waals surface area contributed by atoms with Gasteiger partial charge in [-0.3, -0.25) is 14.4 Å². The number of benzene rings is 2. The minimum atomic E-state index is -1.24. The Morgan fingerprint density at radius 1 is 0.545 bits per heavy atom. The van der Waals surface area contributed by atoms with Gasteiger partial charge in [-0.1, -0.05) is 170 Å². The Kier molecular flexibility index (Phi) is 28.7. The summed E-state index contributed by atoms with van der Waals surface area (Å²) in [4.78, 5) is 40.3. The van der Waals surface area contributed by atoms with E-state index >= 15 is 0 Å². The maximum Gasteiger partial charge on any atom is 0.321 e. The van der Waals surface area contributed by atoms with Crippen LogP contribution >= 0.6 is 0 Å². The molecule has 9 heteroatoms. The number of unbranched alkanes of at least 4 members (excludes halogenated alkanes) is 15. The number of rotatable bonds is 36.